The molecule has 3 amide bonds. The average Bonchev–Trinajstić information content (AvgIpc) is 3.60. The van der Waals surface area contributed by atoms with E-state index >= 15 is 0 Å². The van der Waals surface area contributed by atoms with Crippen LogP contribution in [0.25, 0.3) is 0 Å². The number of thioether (sulfide) groups is 2. The Labute approximate surface area is 233 Å². The molecule has 35 heavy (non-hydrogen) atoms. The summed E-state index contributed by atoms with van der Waals surface area (Å²) < 4.78 is 0. The quantitative estimate of drug-likeness (QED) is 0.159. The molecule has 0 unspecified atom stereocenters. The zero-order chi connectivity index (χ0) is 24.0. The van der Waals surface area contributed by atoms with Gasteiger partial charge in [-0.25, -0.2) is 4.79 Å². The van der Waals surface area contributed by atoms with Gasteiger partial charge in [0.1, 0.15) is 17.1 Å². The van der Waals surface area contributed by atoms with Crippen LogP contribution in [0.5, 0.6) is 0 Å². The van der Waals surface area contributed by atoms with Gasteiger partial charge in [-0.15, -0.1) is 23.5 Å². The number of allylic oxidation sites excluding steroid dienone is 1. The van der Waals surface area contributed by atoms with Gasteiger partial charge in [-0.2, -0.15) is 0 Å². The largest absolute Gasteiger partial charge is 0.477 e. The zero-order valence-electron chi connectivity index (χ0n) is 19.2. The molecule has 179 valence electrons. The fourth-order valence-corrected chi connectivity index (χ4v) is 6.41. The van der Waals surface area contributed by atoms with E-state index in [-0.39, 0.29) is 52.8 Å². The molecule has 5 rings (SSSR count). The third kappa shape index (κ3) is 5.29. The summed E-state index contributed by atoms with van der Waals surface area (Å²) >= 11 is 2.72. The first-order valence-corrected chi connectivity index (χ1v) is 13.1. The van der Waals surface area contributed by atoms with Gasteiger partial charge in [0.05, 0.1) is 5.75 Å². The van der Waals surface area contributed by atoms with Gasteiger partial charge in [-0.1, -0.05) is 0 Å². The number of carboxylic acid groups (broad SMARTS) is 1. The molecule has 0 bridgehead atoms. The summed E-state index contributed by atoms with van der Waals surface area (Å²) in [7, 11) is 0. The molecule has 1 aromatic carbocycles. The molecule has 0 aromatic heterocycles. The van der Waals surface area contributed by atoms with E-state index in [1.807, 2.05) is 17.0 Å². The molecule has 1 aromatic rings. The maximum atomic E-state index is 12.8. The molecule has 1 aliphatic carbocycles. The topological polar surface area (TPSA) is 133 Å². The Morgan fingerprint density at radius 2 is 1.94 bits per heavy atom. The third-order valence-electron chi connectivity index (χ3n) is 6.26. The number of carbonyl (C=O) groups excluding carboxylic acids is 3. The first kappa shape index (κ1) is 26.2. The summed E-state index contributed by atoms with van der Waals surface area (Å²) in [6, 6.07) is 6.68. The number of hydrogen-bond acceptors (Lipinski definition) is 7. The van der Waals surface area contributed by atoms with Gasteiger partial charge in [0.15, 0.2) is 0 Å². The first-order valence-electron chi connectivity index (χ1n) is 11.0. The van der Waals surface area contributed by atoms with Crippen LogP contribution in [0.4, 0.5) is 5.69 Å². The van der Waals surface area contributed by atoms with E-state index in [0.29, 0.717) is 41.6 Å². The van der Waals surface area contributed by atoms with Crippen molar-refractivity contribution < 1.29 is 24.3 Å². The smallest absolute Gasteiger partial charge is 0.352 e. The molecule has 4 aliphatic rings. The third-order valence-corrected chi connectivity index (χ3v) is 8.57. The Hall–Kier alpha value is -1.92. The van der Waals surface area contributed by atoms with E-state index < -0.39 is 23.3 Å². The molecule has 2 saturated heterocycles. The Balaban J connectivity index is 0.00000289. The molecular weight excluding hydrogens is 499 g/mol. The van der Waals surface area contributed by atoms with Crippen molar-refractivity contribution in [1.29, 1.82) is 0 Å². The van der Waals surface area contributed by atoms with Gasteiger partial charge in [0.25, 0.3) is 5.91 Å². The number of anilines is 1. The zero-order valence-corrected chi connectivity index (χ0v) is 22.9. The van der Waals surface area contributed by atoms with Crippen molar-refractivity contribution >= 4 is 82.5 Å². The predicted octanol–water partition coefficient (Wildman–Crippen LogP) is 1.04. The van der Waals surface area contributed by atoms with Gasteiger partial charge in [-0.3, -0.25) is 19.3 Å². The number of β-lactam (4-membered cyclic amide) rings is 1. The summed E-state index contributed by atoms with van der Waals surface area (Å²) in [4.78, 5) is 54.0. The second-order valence-electron chi connectivity index (χ2n) is 8.64. The summed E-state index contributed by atoms with van der Waals surface area (Å²) in [6.45, 7) is 0.659. The summed E-state index contributed by atoms with van der Waals surface area (Å²) in [5.41, 5.74) is 7.27. The number of fused-ring (bicyclic) bond motifs is 1. The van der Waals surface area contributed by atoms with Crippen LogP contribution in [0, 0.1) is 0 Å². The predicted molar refractivity (Wildman–Crippen MR) is 134 cm³/mol. The number of benzene rings is 1. The normalized spacial score (nSPS) is 24.7. The summed E-state index contributed by atoms with van der Waals surface area (Å²) in [5, 5.41) is 12.1. The molecule has 1 radical (unpaired) electrons. The van der Waals surface area contributed by atoms with Crippen LogP contribution in [0.15, 0.2) is 52.1 Å². The number of nitrogen functional groups attached to an aromatic ring is 1. The number of likely N-dealkylation sites (tertiary alicyclic amines) is 1. The number of rotatable bonds is 7. The van der Waals surface area contributed by atoms with Gasteiger partial charge >= 0.3 is 5.97 Å². The van der Waals surface area contributed by atoms with Crippen LogP contribution in [0.2, 0.25) is 0 Å². The SMILES string of the molecule is Nc1ccc(SCC(=O)N[C@@H]2C(=O)N3C(C(=O)O)=C(C=C4CCN(C5CC5)C4=O)CS[C@H]23)cc1.[Na]. The standard InChI is InChI=1S/C23H24N4O5S2.Na/c24-14-1-5-16(6-2-14)33-11-17(28)25-18-21(30)27-19(23(31)32)13(10-34-22(18)27)9-12-7-8-26(20(12)29)15-3-4-15;/h1-2,5-6,9,15,18,22H,3-4,7-8,10-11,24H2,(H,25,28)(H,31,32);/t18-,22-;/m1./s1. The van der Waals surface area contributed by atoms with E-state index in [1.165, 1.54) is 28.4 Å². The number of amides is 3. The fourth-order valence-electron chi connectivity index (χ4n) is 4.39. The van der Waals surface area contributed by atoms with Gasteiger partial charge in [-0.05, 0) is 55.2 Å². The maximum absolute atomic E-state index is 12.8. The van der Waals surface area contributed by atoms with E-state index in [2.05, 4.69) is 5.32 Å². The molecule has 4 N–H and O–H groups in total. The molecule has 3 heterocycles. The van der Waals surface area contributed by atoms with Crippen molar-refractivity contribution in [3.8, 4) is 0 Å². The first-order chi connectivity index (χ1) is 16.3. The molecule has 0 spiro atoms. The Morgan fingerprint density at radius 3 is 2.60 bits per heavy atom. The van der Waals surface area contributed by atoms with Gasteiger partial charge in [0.2, 0.25) is 11.8 Å². The van der Waals surface area contributed by atoms with Crippen molar-refractivity contribution in [2.45, 2.75) is 41.6 Å². The molecular formula is C23H24N4NaO5S2. The molecule has 1 saturated carbocycles. The number of aliphatic carboxylic acids is 1. The van der Waals surface area contributed by atoms with Crippen molar-refractivity contribution in [3.63, 3.8) is 0 Å². The molecule has 3 aliphatic heterocycles. The van der Waals surface area contributed by atoms with Crippen LogP contribution in [-0.2, 0) is 19.2 Å². The molecule has 12 heteroatoms. The van der Waals surface area contributed by atoms with Crippen molar-refractivity contribution in [2.75, 3.05) is 23.8 Å². The number of nitrogens with zero attached hydrogens (tertiary/aromatic N) is 2. The van der Waals surface area contributed by atoms with E-state index in [0.717, 1.165) is 17.7 Å². The number of carboxylic acids is 1. The van der Waals surface area contributed by atoms with Crippen molar-refractivity contribution in [2.24, 2.45) is 0 Å². The van der Waals surface area contributed by atoms with E-state index in [9.17, 15) is 24.3 Å². The Bertz CT molecular complexity index is 1140. The average molecular weight is 524 g/mol. The summed E-state index contributed by atoms with van der Waals surface area (Å²) in [6.07, 6.45) is 4.28. The monoisotopic (exact) mass is 523 g/mol. The second-order valence-corrected chi connectivity index (χ2v) is 10.8. The van der Waals surface area contributed by atoms with Crippen LogP contribution in [0.3, 0.4) is 0 Å². The summed E-state index contributed by atoms with van der Waals surface area (Å²) in [5.74, 6) is -1.52. The second kappa shape index (κ2) is 10.6. The van der Waals surface area contributed by atoms with E-state index in [1.54, 1.807) is 18.2 Å². The number of hydrogen-bond donors (Lipinski definition) is 3. The van der Waals surface area contributed by atoms with E-state index in [4.69, 9.17) is 5.73 Å². The Morgan fingerprint density at radius 1 is 1.23 bits per heavy atom. The minimum Gasteiger partial charge on any atom is -0.477 e. The Kier molecular flexibility index (Phi) is 7.92. The van der Waals surface area contributed by atoms with Gasteiger partial charge in [0, 0.05) is 64.1 Å². The number of nitrogens with two attached hydrogens (primary N) is 1. The molecule has 3 fully saturated rings. The number of nitrogens with one attached hydrogen (secondary N) is 1. The molecule has 2 atom stereocenters. The fraction of sp³-hybridized carbons (Fsp3) is 0.391. The maximum Gasteiger partial charge on any atom is 0.352 e. The number of carbonyl (C=O) groups is 4. The van der Waals surface area contributed by atoms with Gasteiger partial charge < -0.3 is 21.1 Å². The van der Waals surface area contributed by atoms with Crippen molar-refractivity contribution in [1.82, 2.24) is 15.1 Å². The van der Waals surface area contributed by atoms with Crippen LogP contribution < -0.4 is 11.1 Å². The van der Waals surface area contributed by atoms with Crippen LogP contribution in [-0.4, -0.2) is 104 Å². The van der Waals surface area contributed by atoms with Crippen molar-refractivity contribution in [3.05, 3.63) is 47.2 Å². The molecule has 9 nitrogen and oxygen atoms in total. The minimum absolute atomic E-state index is 0. The minimum atomic E-state index is -1.21. The van der Waals surface area contributed by atoms with Crippen LogP contribution in [0.1, 0.15) is 19.3 Å². The van der Waals surface area contributed by atoms with Crippen LogP contribution >= 0.6 is 23.5 Å².